The van der Waals surface area contributed by atoms with Crippen LogP contribution >= 0.6 is 0 Å². The largest absolute Gasteiger partial charge is 0.313 e. The van der Waals surface area contributed by atoms with Crippen molar-refractivity contribution < 1.29 is 0 Å². The fourth-order valence-corrected chi connectivity index (χ4v) is 3.41. The summed E-state index contributed by atoms with van der Waals surface area (Å²) in [6, 6.07) is 12.0. The lowest BCUT2D eigenvalue weighted by Crippen LogP contribution is -2.27. The van der Waals surface area contributed by atoms with Gasteiger partial charge in [0.05, 0.1) is 0 Å². The standard InChI is InChI=1S/C16H21N/c1-2-4-12(5-3-1)14-10-15(14)16(8-9-16)11-17-13-6-7-13/h1-5,13-15,17H,6-11H2. The minimum atomic E-state index is 0.698. The number of hydrogen-bond donors (Lipinski definition) is 1. The molecule has 2 atom stereocenters. The van der Waals surface area contributed by atoms with Crippen LogP contribution in [-0.2, 0) is 0 Å². The Balaban J connectivity index is 1.40. The fraction of sp³-hybridized carbons (Fsp3) is 0.625. The molecule has 3 saturated carbocycles. The minimum Gasteiger partial charge on any atom is -0.313 e. The quantitative estimate of drug-likeness (QED) is 0.813. The Morgan fingerprint density at radius 2 is 1.88 bits per heavy atom. The molecule has 3 aliphatic rings. The van der Waals surface area contributed by atoms with Crippen LogP contribution in [0.5, 0.6) is 0 Å². The molecular formula is C16H21N. The molecule has 0 amide bonds. The third-order valence-electron chi connectivity index (χ3n) is 5.02. The Morgan fingerprint density at radius 3 is 2.53 bits per heavy atom. The molecule has 3 aliphatic carbocycles. The van der Waals surface area contributed by atoms with E-state index in [1.807, 2.05) is 0 Å². The first-order chi connectivity index (χ1) is 8.37. The minimum absolute atomic E-state index is 0.698. The van der Waals surface area contributed by atoms with E-state index in [0.717, 1.165) is 17.9 Å². The van der Waals surface area contributed by atoms with E-state index in [4.69, 9.17) is 0 Å². The zero-order chi connectivity index (χ0) is 11.3. The summed E-state index contributed by atoms with van der Waals surface area (Å²) in [4.78, 5) is 0. The lowest BCUT2D eigenvalue weighted by molar-refractivity contribution is 0.395. The predicted octanol–water partition coefficient (Wildman–Crippen LogP) is 3.32. The van der Waals surface area contributed by atoms with Crippen LogP contribution in [-0.4, -0.2) is 12.6 Å². The molecule has 1 nitrogen and oxygen atoms in total. The van der Waals surface area contributed by atoms with Crippen LogP contribution in [0.4, 0.5) is 0 Å². The fourth-order valence-electron chi connectivity index (χ4n) is 3.41. The van der Waals surface area contributed by atoms with Gasteiger partial charge >= 0.3 is 0 Å². The maximum Gasteiger partial charge on any atom is 0.00684 e. The van der Waals surface area contributed by atoms with Crippen LogP contribution in [0.1, 0.15) is 43.6 Å². The Morgan fingerprint density at radius 1 is 1.12 bits per heavy atom. The summed E-state index contributed by atoms with van der Waals surface area (Å²) < 4.78 is 0. The van der Waals surface area contributed by atoms with E-state index >= 15 is 0 Å². The predicted molar refractivity (Wildman–Crippen MR) is 70.0 cm³/mol. The SMILES string of the molecule is c1ccc(C2CC2C2(CNC3CC3)CC2)cc1. The van der Waals surface area contributed by atoms with Crippen molar-refractivity contribution in [3.05, 3.63) is 35.9 Å². The van der Waals surface area contributed by atoms with Gasteiger partial charge in [0.2, 0.25) is 0 Å². The molecule has 2 unspecified atom stereocenters. The highest BCUT2D eigenvalue weighted by molar-refractivity contribution is 5.29. The monoisotopic (exact) mass is 227 g/mol. The summed E-state index contributed by atoms with van der Waals surface area (Å²) in [5.74, 6) is 1.86. The highest BCUT2D eigenvalue weighted by atomic mass is 15.0. The van der Waals surface area contributed by atoms with Crippen molar-refractivity contribution in [2.75, 3.05) is 6.54 Å². The van der Waals surface area contributed by atoms with Crippen molar-refractivity contribution in [3.63, 3.8) is 0 Å². The van der Waals surface area contributed by atoms with Crippen molar-refractivity contribution in [2.24, 2.45) is 11.3 Å². The van der Waals surface area contributed by atoms with Crippen molar-refractivity contribution in [1.29, 1.82) is 0 Å². The van der Waals surface area contributed by atoms with E-state index < -0.39 is 0 Å². The first-order valence-corrected chi connectivity index (χ1v) is 7.16. The topological polar surface area (TPSA) is 12.0 Å². The second-order valence-electron chi connectivity index (χ2n) is 6.38. The normalized spacial score (nSPS) is 33.4. The van der Waals surface area contributed by atoms with Crippen molar-refractivity contribution in [2.45, 2.75) is 44.1 Å². The van der Waals surface area contributed by atoms with Crippen molar-refractivity contribution in [1.82, 2.24) is 5.32 Å². The molecule has 1 aromatic rings. The Hall–Kier alpha value is -0.820. The van der Waals surface area contributed by atoms with Gasteiger partial charge in [-0.15, -0.1) is 0 Å². The third-order valence-corrected chi connectivity index (χ3v) is 5.02. The number of hydrogen-bond acceptors (Lipinski definition) is 1. The molecule has 0 heterocycles. The van der Waals surface area contributed by atoms with Gasteiger partial charge in [0.15, 0.2) is 0 Å². The molecule has 1 N–H and O–H groups in total. The molecule has 0 aliphatic heterocycles. The van der Waals surface area contributed by atoms with E-state index in [1.54, 1.807) is 5.56 Å². The zero-order valence-corrected chi connectivity index (χ0v) is 10.4. The van der Waals surface area contributed by atoms with Crippen LogP contribution in [0.2, 0.25) is 0 Å². The Bertz CT molecular complexity index is 403. The molecule has 0 aromatic heterocycles. The van der Waals surface area contributed by atoms with Gasteiger partial charge in [-0.05, 0) is 54.9 Å². The molecule has 90 valence electrons. The van der Waals surface area contributed by atoms with Gasteiger partial charge in [-0.3, -0.25) is 0 Å². The summed E-state index contributed by atoms with van der Waals surface area (Å²) in [6.45, 7) is 1.30. The first kappa shape index (κ1) is 10.1. The Labute approximate surface area is 104 Å². The lowest BCUT2D eigenvalue weighted by atomic mass is 9.96. The van der Waals surface area contributed by atoms with Gasteiger partial charge in [0.25, 0.3) is 0 Å². The third kappa shape index (κ3) is 1.91. The summed E-state index contributed by atoms with van der Waals surface area (Å²) >= 11 is 0. The number of benzene rings is 1. The van der Waals surface area contributed by atoms with Gasteiger partial charge < -0.3 is 5.32 Å². The molecular weight excluding hydrogens is 206 g/mol. The van der Waals surface area contributed by atoms with E-state index in [0.29, 0.717) is 5.41 Å². The van der Waals surface area contributed by atoms with Gasteiger partial charge in [0.1, 0.15) is 0 Å². The molecule has 1 aromatic carbocycles. The molecule has 3 fully saturated rings. The highest BCUT2D eigenvalue weighted by Crippen LogP contribution is 2.67. The van der Waals surface area contributed by atoms with Crippen LogP contribution in [0.15, 0.2) is 30.3 Å². The molecule has 0 radical (unpaired) electrons. The average Bonchev–Trinajstić information content (AvgIpc) is 3.26. The summed E-state index contributed by atoms with van der Waals surface area (Å²) in [5.41, 5.74) is 2.28. The van der Waals surface area contributed by atoms with E-state index in [2.05, 4.69) is 35.6 Å². The summed E-state index contributed by atoms with van der Waals surface area (Å²) in [6.07, 6.45) is 7.23. The maximum absolute atomic E-state index is 3.75. The van der Waals surface area contributed by atoms with Crippen LogP contribution in [0.3, 0.4) is 0 Å². The number of rotatable bonds is 5. The molecule has 0 bridgehead atoms. The molecule has 0 saturated heterocycles. The van der Waals surface area contributed by atoms with Crippen molar-refractivity contribution in [3.8, 4) is 0 Å². The Kier molecular flexibility index (Phi) is 2.14. The van der Waals surface area contributed by atoms with Gasteiger partial charge in [0, 0.05) is 12.6 Å². The van der Waals surface area contributed by atoms with E-state index in [-0.39, 0.29) is 0 Å². The number of nitrogens with one attached hydrogen (secondary N) is 1. The molecule has 17 heavy (non-hydrogen) atoms. The maximum atomic E-state index is 3.75. The summed E-state index contributed by atoms with van der Waals surface area (Å²) in [7, 11) is 0. The second kappa shape index (κ2) is 3.58. The molecule has 4 rings (SSSR count). The highest BCUT2D eigenvalue weighted by Gasteiger charge is 2.59. The van der Waals surface area contributed by atoms with Crippen LogP contribution < -0.4 is 5.32 Å². The van der Waals surface area contributed by atoms with Crippen LogP contribution in [0, 0.1) is 11.3 Å². The lowest BCUT2D eigenvalue weighted by Gasteiger charge is -2.16. The first-order valence-electron chi connectivity index (χ1n) is 7.16. The molecule has 0 spiro atoms. The smallest absolute Gasteiger partial charge is 0.00684 e. The second-order valence-corrected chi connectivity index (χ2v) is 6.38. The molecule has 1 heteroatoms. The van der Waals surface area contributed by atoms with E-state index in [1.165, 1.54) is 38.6 Å². The van der Waals surface area contributed by atoms with Gasteiger partial charge in [-0.25, -0.2) is 0 Å². The van der Waals surface area contributed by atoms with Crippen molar-refractivity contribution >= 4 is 0 Å². The zero-order valence-electron chi connectivity index (χ0n) is 10.4. The van der Waals surface area contributed by atoms with E-state index in [9.17, 15) is 0 Å². The summed E-state index contributed by atoms with van der Waals surface area (Å²) in [5, 5.41) is 3.75. The van der Waals surface area contributed by atoms with Gasteiger partial charge in [-0.2, -0.15) is 0 Å². The van der Waals surface area contributed by atoms with Gasteiger partial charge in [-0.1, -0.05) is 30.3 Å². The average molecular weight is 227 g/mol. The van der Waals surface area contributed by atoms with Crippen LogP contribution in [0.25, 0.3) is 0 Å².